The molecule has 116 valence electrons. The zero-order chi connectivity index (χ0) is 15.4. The summed E-state index contributed by atoms with van der Waals surface area (Å²) in [6.07, 6.45) is 5.74. The molecule has 22 heavy (non-hydrogen) atoms. The van der Waals surface area contributed by atoms with Crippen LogP contribution in [0.4, 0.5) is 11.5 Å². The van der Waals surface area contributed by atoms with E-state index in [4.69, 9.17) is 0 Å². The maximum atomic E-state index is 11.4. The van der Waals surface area contributed by atoms with Crippen LogP contribution < -0.4 is 10.2 Å². The predicted octanol–water partition coefficient (Wildman–Crippen LogP) is 2.90. The molecule has 1 aromatic carbocycles. The number of benzene rings is 1. The molecule has 3 rings (SSSR count). The van der Waals surface area contributed by atoms with Crippen LogP contribution in [0.15, 0.2) is 53.6 Å². The van der Waals surface area contributed by atoms with E-state index in [0.29, 0.717) is 6.04 Å². The third-order valence-corrected chi connectivity index (χ3v) is 4.96. The highest BCUT2D eigenvalue weighted by Gasteiger charge is 2.19. The molecule has 0 spiro atoms. The molecule has 0 saturated carbocycles. The van der Waals surface area contributed by atoms with Crippen molar-refractivity contribution in [2.24, 2.45) is 0 Å². The van der Waals surface area contributed by atoms with Gasteiger partial charge in [-0.15, -0.1) is 0 Å². The lowest BCUT2D eigenvalue weighted by Crippen LogP contribution is -2.39. The van der Waals surface area contributed by atoms with Crippen molar-refractivity contribution in [1.82, 2.24) is 4.98 Å². The summed E-state index contributed by atoms with van der Waals surface area (Å²) in [7, 11) is -0.911. The summed E-state index contributed by atoms with van der Waals surface area (Å²) < 4.78 is 11.4. The highest BCUT2D eigenvalue weighted by atomic mass is 32.2. The van der Waals surface area contributed by atoms with Gasteiger partial charge >= 0.3 is 0 Å². The molecule has 1 aromatic heterocycles. The minimum absolute atomic E-state index is 0.484. The highest BCUT2D eigenvalue weighted by molar-refractivity contribution is 7.84. The second-order valence-corrected chi connectivity index (χ2v) is 6.95. The van der Waals surface area contributed by atoms with Crippen LogP contribution in [0.5, 0.6) is 0 Å². The molecule has 1 atom stereocenters. The topological polar surface area (TPSA) is 45.2 Å². The molecule has 1 saturated heterocycles. The lowest BCUT2D eigenvalue weighted by atomic mass is 10.0. The number of piperidine rings is 1. The third kappa shape index (κ3) is 3.65. The van der Waals surface area contributed by atoms with Gasteiger partial charge in [-0.25, -0.2) is 4.98 Å². The van der Waals surface area contributed by atoms with Crippen LogP contribution in [-0.4, -0.2) is 34.6 Å². The molecule has 2 heterocycles. The van der Waals surface area contributed by atoms with Gasteiger partial charge in [0.2, 0.25) is 0 Å². The van der Waals surface area contributed by atoms with E-state index < -0.39 is 10.8 Å². The standard InChI is InChI=1S/C17H21N3OS/c1-22(21)16-7-5-14(6-8-16)19-15-9-12-20(13-10-15)17-4-2-3-11-18-17/h2-8,11,15,19H,9-10,12-13H2,1H3/t22-/m1/s1. The maximum absolute atomic E-state index is 11.4. The van der Waals surface area contributed by atoms with Gasteiger partial charge in [0.15, 0.2) is 0 Å². The Bertz CT molecular complexity index is 622. The van der Waals surface area contributed by atoms with E-state index in [1.807, 2.05) is 42.6 Å². The maximum Gasteiger partial charge on any atom is 0.128 e. The van der Waals surface area contributed by atoms with Crippen molar-refractivity contribution in [2.45, 2.75) is 23.8 Å². The van der Waals surface area contributed by atoms with Gasteiger partial charge in [0.1, 0.15) is 5.82 Å². The van der Waals surface area contributed by atoms with Crippen molar-refractivity contribution in [3.8, 4) is 0 Å². The van der Waals surface area contributed by atoms with E-state index in [2.05, 4.69) is 21.3 Å². The molecule has 1 fully saturated rings. The molecule has 0 radical (unpaired) electrons. The SMILES string of the molecule is C[S@@](=O)c1ccc(NC2CCN(c3ccccn3)CC2)cc1. The van der Waals surface area contributed by atoms with Gasteiger partial charge in [0, 0.05) is 53.0 Å². The van der Waals surface area contributed by atoms with Crippen molar-refractivity contribution < 1.29 is 4.21 Å². The average molecular weight is 315 g/mol. The van der Waals surface area contributed by atoms with Crippen molar-refractivity contribution in [1.29, 1.82) is 0 Å². The summed E-state index contributed by atoms with van der Waals surface area (Å²) >= 11 is 0. The zero-order valence-corrected chi connectivity index (χ0v) is 13.6. The lowest BCUT2D eigenvalue weighted by molar-refractivity contribution is 0.523. The number of nitrogens with one attached hydrogen (secondary N) is 1. The molecule has 0 aliphatic carbocycles. The Kier molecular flexibility index (Phi) is 4.73. The van der Waals surface area contributed by atoms with Crippen molar-refractivity contribution >= 4 is 22.3 Å². The molecular formula is C17H21N3OS. The van der Waals surface area contributed by atoms with Crippen LogP contribution in [-0.2, 0) is 10.8 Å². The first-order valence-electron chi connectivity index (χ1n) is 7.58. The van der Waals surface area contributed by atoms with Gasteiger partial charge in [-0.1, -0.05) is 6.07 Å². The van der Waals surface area contributed by atoms with Gasteiger partial charge in [-0.05, 0) is 49.2 Å². The molecule has 0 unspecified atom stereocenters. The second kappa shape index (κ2) is 6.92. The summed E-state index contributed by atoms with van der Waals surface area (Å²) in [5.41, 5.74) is 1.10. The fourth-order valence-electron chi connectivity index (χ4n) is 2.77. The number of hydrogen-bond acceptors (Lipinski definition) is 4. The van der Waals surface area contributed by atoms with Gasteiger partial charge in [-0.3, -0.25) is 4.21 Å². The highest BCUT2D eigenvalue weighted by Crippen LogP contribution is 2.21. The normalized spacial score (nSPS) is 17.2. The summed E-state index contributed by atoms with van der Waals surface area (Å²) in [6, 6.07) is 14.4. The Hall–Kier alpha value is -1.88. The van der Waals surface area contributed by atoms with E-state index in [0.717, 1.165) is 42.3 Å². The Balaban J connectivity index is 1.54. The average Bonchev–Trinajstić information content (AvgIpc) is 2.57. The summed E-state index contributed by atoms with van der Waals surface area (Å²) in [4.78, 5) is 7.62. The fourth-order valence-corrected chi connectivity index (χ4v) is 3.29. The van der Waals surface area contributed by atoms with E-state index in [9.17, 15) is 4.21 Å². The van der Waals surface area contributed by atoms with Crippen molar-refractivity contribution in [3.63, 3.8) is 0 Å². The quantitative estimate of drug-likeness (QED) is 0.942. The predicted molar refractivity (Wildman–Crippen MR) is 91.9 cm³/mol. The smallest absolute Gasteiger partial charge is 0.128 e. The first kappa shape index (κ1) is 15.0. The number of nitrogens with zero attached hydrogens (tertiary/aromatic N) is 2. The summed E-state index contributed by atoms with van der Waals surface area (Å²) in [5, 5.41) is 3.57. The van der Waals surface area contributed by atoms with E-state index in [1.165, 1.54) is 0 Å². The molecule has 1 aliphatic rings. The molecule has 0 bridgehead atoms. The van der Waals surface area contributed by atoms with Crippen LogP contribution in [0.25, 0.3) is 0 Å². The molecule has 4 nitrogen and oxygen atoms in total. The van der Waals surface area contributed by atoms with Gasteiger partial charge in [0.05, 0.1) is 0 Å². The largest absolute Gasteiger partial charge is 0.382 e. The number of pyridine rings is 1. The van der Waals surface area contributed by atoms with Gasteiger partial charge in [0.25, 0.3) is 0 Å². The van der Waals surface area contributed by atoms with Crippen LogP contribution in [0, 0.1) is 0 Å². The van der Waals surface area contributed by atoms with Gasteiger partial charge < -0.3 is 10.2 Å². The first-order valence-corrected chi connectivity index (χ1v) is 9.14. The molecule has 0 amide bonds. The van der Waals surface area contributed by atoms with E-state index in [1.54, 1.807) is 6.26 Å². The van der Waals surface area contributed by atoms with Crippen LogP contribution in [0.2, 0.25) is 0 Å². The summed E-state index contributed by atoms with van der Waals surface area (Å²) in [5.74, 6) is 1.07. The van der Waals surface area contributed by atoms with Crippen LogP contribution in [0.3, 0.4) is 0 Å². The second-order valence-electron chi connectivity index (χ2n) is 5.57. The zero-order valence-electron chi connectivity index (χ0n) is 12.7. The number of aromatic nitrogens is 1. The summed E-state index contributed by atoms with van der Waals surface area (Å²) in [6.45, 7) is 2.04. The molecular weight excluding hydrogens is 294 g/mol. The number of rotatable bonds is 4. The molecule has 5 heteroatoms. The van der Waals surface area contributed by atoms with Crippen molar-refractivity contribution in [2.75, 3.05) is 29.6 Å². The Morgan fingerprint density at radius 1 is 1.14 bits per heavy atom. The Labute approximate surface area is 134 Å². The monoisotopic (exact) mass is 315 g/mol. The Morgan fingerprint density at radius 3 is 2.45 bits per heavy atom. The third-order valence-electron chi connectivity index (χ3n) is 4.03. The number of anilines is 2. The Morgan fingerprint density at radius 2 is 1.86 bits per heavy atom. The molecule has 1 aliphatic heterocycles. The minimum atomic E-state index is -0.911. The van der Waals surface area contributed by atoms with Gasteiger partial charge in [-0.2, -0.15) is 0 Å². The van der Waals surface area contributed by atoms with Crippen LogP contribution in [0.1, 0.15) is 12.8 Å². The first-order chi connectivity index (χ1) is 10.7. The number of hydrogen-bond donors (Lipinski definition) is 1. The molecule has 1 N–H and O–H groups in total. The molecule has 2 aromatic rings. The van der Waals surface area contributed by atoms with Crippen LogP contribution >= 0.6 is 0 Å². The fraction of sp³-hybridized carbons (Fsp3) is 0.353. The van der Waals surface area contributed by atoms with E-state index >= 15 is 0 Å². The van der Waals surface area contributed by atoms with E-state index in [-0.39, 0.29) is 0 Å². The lowest BCUT2D eigenvalue weighted by Gasteiger charge is -2.33. The van der Waals surface area contributed by atoms with Crippen molar-refractivity contribution in [3.05, 3.63) is 48.7 Å². The minimum Gasteiger partial charge on any atom is -0.382 e.